The van der Waals surface area contributed by atoms with Gasteiger partial charge in [0.2, 0.25) is 5.95 Å². The van der Waals surface area contributed by atoms with Crippen molar-refractivity contribution < 1.29 is 4.39 Å². The molecule has 1 saturated heterocycles. The number of halogens is 1. The maximum atomic E-state index is 13.2. The van der Waals surface area contributed by atoms with Crippen LogP contribution in [0.25, 0.3) is 0 Å². The van der Waals surface area contributed by atoms with Crippen LogP contribution in [0.15, 0.2) is 6.20 Å². The smallest absolute Gasteiger partial charge is 0.227 e. The Hall–Kier alpha value is -1.43. The fraction of sp³-hybridized carbons (Fsp3) is 0.600. The second-order valence-corrected chi connectivity index (χ2v) is 3.86. The molecule has 1 aliphatic heterocycles. The lowest BCUT2D eigenvalue weighted by atomic mass is 10.2. The largest absolute Gasteiger partial charge is 0.371 e. The summed E-state index contributed by atoms with van der Waals surface area (Å²) >= 11 is 0. The van der Waals surface area contributed by atoms with E-state index in [-0.39, 0.29) is 5.82 Å². The number of hydrogen-bond donors (Lipinski definition) is 2. The monoisotopic (exact) mass is 225 g/mol. The number of rotatable bonds is 2. The van der Waals surface area contributed by atoms with Crippen molar-refractivity contribution >= 4 is 11.8 Å². The topological polar surface area (TPSA) is 53.1 Å². The lowest BCUT2D eigenvalue weighted by Gasteiger charge is -2.33. The van der Waals surface area contributed by atoms with E-state index >= 15 is 0 Å². The highest BCUT2D eigenvalue weighted by Crippen LogP contribution is 2.17. The number of nitrogens with one attached hydrogen (secondary N) is 2. The molecule has 0 saturated carbocycles. The number of anilines is 2. The SMILES string of the molecule is CNc1nc(N2CCNCC2C)ncc1F. The van der Waals surface area contributed by atoms with Crippen LogP contribution in [0.5, 0.6) is 0 Å². The summed E-state index contributed by atoms with van der Waals surface area (Å²) in [7, 11) is 1.65. The Labute approximate surface area is 94.1 Å². The molecule has 1 unspecified atom stereocenters. The Kier molecular flexibility index (Phi) is 3.19. The van der Waals surface area contributed by atoms with E-state index in [4.69, 9.17) is 0 Å². The molecule has 1 atom stereocenters. The van der Waals surface area contributed by atoms with E-state index in [0.717, 1.165) is 19.6 Å². The van der Waals surface area contributed by atoms with Gasteiger partial charge in [0.1, 0.15) is 0 Å². The van der Waals surface area contributed by atoms with Gasteiger partial charge in [-0.1, -0.05) is 0 Å². The lowest BCUT2D eigenvalue weighted by Crippen LogP contribution is -2.50. The van der Waals surface area contributed by atoms with Crippen LogP contribution in [0.3, 0.4) is 0 Å². The number of nitrogens with zero attached hydrogens (tertiary/aromatic N) is 3. The molecule has 16 heavy (non-hydrogen) atoms. The van der Waals surface area contributed by atoms with E-state index < -0.39 is 5.82 Å². The number of hydrogen-bond acceptors (Lipinski definition) is 5. The molecule has 0 spiro atoms. The van der Waals surface area contributed by atoms with E-state index in [1.807, 2.05) is 0 Å². The molecule has 2 heterocycles. The van der Waals surface area contributed by atoms with Gasteiger partial charge in [-0.15, -0.1) is 0 Å². The zero-order chi connectivity index (χ0) is 11.5. The minimum absolute atomic E-state index is 0.246. The second kappa shape index (κ2) is 4.61. The van der Waals surface area contributed by atoms with Crippen molar-refractivity contribution in [2.45, 2.75) is 13.0 Å². The Morgan fingerprint density at radius 1 is 1.62 bits per heavy atom. The molecule has 2 rings (SSSR count). The average molecular weight is 225 g/mol. The van der Waals surface area contributed by atoms with Crippen LogP contribution >= 0.6 is 0 Å². The van der Waals surface area contributed by atoms with Crippen molar-refractivity contribution in [3.8, 4) is 0 Å². The first kappa shape index (κ1) is 11.1. The van der Waals surface area contributed by atoms with Crippen molar-refractivity contribution in [2.24, 2.45) is 0 Å². The zero-order valence-electron chi connectivity index (χ0n) is 9.50. The van der Waals surface area contributed by atoms with Gasteiger partial charge in [0.25, 0.3) is 0 Å². The van der Waals surface area contributed by atoms with Crippen LogP contribution in [0.2, 0.25) is 0 Å². The van der Waals surface area contributed by atoms with Crippen LogP contribution in [-0.4, -0.2) is 42.7 Å². The molecular weight excluding hydrogens is 209 g/mol. The normalized spacial score (nSPS) is 20.9. The molecule has 6 heteroatoms. The molecular formula is C10H16FN5. The predicted molar refractivity (Wildman–Crippen MR) is 61.2 cm³/mol. The third-order valence-corrected chi connectivity index (χ3v) is 2.73. The molecule has 0 aliphatic carbocycles. The summed E-state index contributed by atoms with van der Waals surface area (Å²) in [5, 5.41) is 6.01. The van der Waals surface area contributed by atoms with E-state index in [0.29, 0.717) is 12.0 Å². The van der Waals surface area contributed by atoms with E-state index in [1.54, 1.807) is 7.05 Å². The zero-order valence-corrected chi connectivity index (χ0v) is 9.50. The van der Waals surface area contributed by atoms with E-state index in [9.17, 15) is 4.39 Å². The standard InChI is InChI=1S/C10H16FN5/c1-7-5-13-3-4-16(7)10-14-6-8(11)9(12-2)15-10/h6-7,13H,3-5H2,1-2H3,(H,12,14,15). The Morgan fingerprint density at radius 2 is 2.44 bits per heavy atom. The first-order valence-corrected chi connectivity index (χ1v) is 5.40. The van der Waals surface area contributed by atoms with Crippen LogP contribution in [0.1, 0.15) is 6.92 Å². The van der Waals surface area contributed by atoms with Crippen LogP contribution in [0, 0.1) is 5.82 Å². The van der Waals surface area contributed by atoms with Gasteiger partial charge in [-0.05, 0) is 6.92 Å². The van der Waals surface area contributed by atoms with Gasteiger partial charge in [0.15, 0.2) is 11.6 Å². The third-order valence-electron chi connectivity index (χ3n) is 2.73. The molecule has 1 fully saturated rings. The maximum Gasteiger partial charge on any atom is 0.227 e. The van der Waals surface area contributed by atoms with Gasteiger partial charge in [0.05, 0.1) is 6.20 Å². The quantitative estimate of drug-likeness (QED) is 0.765. The van der Waals surface area contributed by atoms with Crippen LogP contribution < -0.4 is 15.5 Å². The minimum atomic E-state index is -0.422. The summed E-state index contributed by atoms with van der Waals surface area (Å²) in [6, 6.07) is 0.323. The van der Waals surface area contributed by atoms with Gasteiger partial charge >= 0.3 is 0 Å². The molecule has 5 nitrogen and oxygen atoms in total. The predicted octanol–water partition coefficient (Wildman–Crippen LogP) is 0.455. The molecule has 0 radical (unpaired) electrons. The Bertz CT molecular complexity index is 370. The van der Waals surface area contributed by atoms with Crippen molar-refractivity contribution in [1.82, 2.24) is 15.3 Å². The fourth-order valence-corrected chi connectivity index (χ4v) is 1.81. The highest BCUT2D eigenvalue weighted by Gasteiger charge is 2.21. The summed E-state index contributed by atoms with van der Waals surface area (Å²) in [5.41, 5.74) is 0. The Morgan fingerprint density at radius 3 is 3.12 bits per heavy atom. The average Bonchev–Trinajstić information content (AvgIpc) is 2.31. The molecule has 1 aromatic rings. The molecule has 0 amide bonds. The highest BCUT2D eigenvalue weighted by molar-refractivity contribution is 5.43. The second-order valence-electron chi connectivity index (χ2n) is 3.86. The van der Waals surface area contributed by atoms with Crippen molar-refractivity contribution in [2.75, 3.05) is 36.9 Å². The first-order valence-electron chi connectivity index (χ1n) is 5.40. The lowest BCUT2D eigenvalue weighted by molar-refractivity contribution is 0.491. The minimum Gasteiger partial charge on any atom is -0.371 e. The summed E-state index contributed by atoms with van der Waals surface area (Å²) < 4.78 is 13.2. The molecule has 2 N–H and O–H groups in total. The summed E-state index contributed by atoms with van der Waals surface area (Å²) in [6.45, 7) is 4.74. The fourth-order valence-electron chi connectivity index (χ4n) is 1.81. The van der Waals surface area contributed by atoms with E-state index in [2.05, 4.69) is 32.4 Å². The van der Waals surface area contributed by atoms with E-state index in [1.165, 1.54) is 6.20 Å². The number of piperazine rings is 1. The molecule has 1 aromatic heterocycles. The van der Waals surface area contributed by atoms with Crippen LogP contribution in [-0.2, 0) is 0 Å². The first-order chi connectivity index (χ1) is 7.72. The molecule has 1 aliphatic rings. The summed E-state index contributed by atoms with van der Waals surface area (Å²) in [4.78, 5) is 10.3. The molecule has 0 bridgehead atoms. The van der Waals surface area contributed by atoms with Gasteiger partial charge in [-0.3, -0.25) is 0 Å². The van der Waals surface area contributed by atoms with Crippen LogP contribution in [0.4, 0.5) is 16.2 Å². The van der Waals surface area contributed by atoms with Crippen molar-refractivity contribution in [3.63, 3.8) is 0 Å². The molecule has 88 valence electrons. The maximum absolute atomic E-state index is 13.2. The Balaban J connectivity index is 2.25. The molecule has 0 aromatic carbocycles. The van der Waals surface area contributed by atoms with Gasteiger partial charge in [-0.2, -0.15) is 4.98 Å². The van der Waals surface area contributed by atoms with Crippen molar-refractivity contribution in [3.05, 3.63) is 12.0 Å². The summed E-state index contributed by atoms with van der Waals surface area (Å²) in [5.74, 6) is 0.407. The summed E-state index contributed by atoms with van der Waals surface area (Å²) in [6.07, 6.45) is 1.21. The van der Waals surface area contributed by atoms with Gasteiger partial charge in [-0.25, -0.2) is 9.37 Å². The third kappa shape index (κ3) is 2.06. The van der Waals surface area contributed by atoms with Gasteiger partial charge in [0, 0.05) is 32.7 Å². The highest BCUT2D eigenvalue weighted by atomic mass is 19.1. The van der Waals surface area contributed by atoms with Crippen molar-refractivity contribution in [1.29, 1.82) is 0 Å². The van der Waals surface area contributed by atoms with Gasteiger partial charge < -0.3 is 15.5 Å². The number of aromatic nitrogens is 2.